The Labute approximate surface area is 97.2 Å². The monoisotopic (exact) mass is 219 g/mol. The van der Waals surface area contributed by atoms with Crippen LogP contribution < -0.4 is 16.8 Å². The second-order valence-corrected chi connectivity index (χ2v) is 4.47. The first-order valence-corrected chi connectivity index (χ1v) is 6.11. The van der Waals surface area contributed by atoms with Crippen LogP contribution in [0, 0.1) is 0 Å². The van der Waals surface area contributed by atoms with Crippen LogP contribution in [0.25, 0.3) is 0 Å². The second-order valence-electron chi connectivity index (χ2n) is 4.47. The number of nitrogens with two attached hydrogens (primary N) is 2. The van der Waals surface area contributed by atoms with Gasteiger partial charge in [-0.1, -0.05) is 24.3 Å². The van der Waals surface area contributed by atoms with Crippen LogP contribution in [0.15, 0.2) is 24.3 Å². The van der Waals surface area contributed by atoms with Crippen LogP contribution in [0.3, 0.4) is 0 Å². The van der Waals surface area contributed by atoms with Gasteiger partial charge >= 0.3 is 0 Å². The van der Waals surface area contributed by atoms with E-state index in [4.69, 9.17) is 11.5 Å². The van der Waals surface area contributed by atoms with Gasteiger partial charge in [-0.05, 0) is 43.5 Å². The van der Waals surface area contributed by atoms with E-state index in [0.29, 0.717) is 6.04 Å². The van der Waals surface area contributed by atoms with E-state index in [0.717, 1.165) is 32.4 Å². The Kier molecular flexibility index (Phi) is 3.93. The predicted octanol–water partition coefficient (Wildman–Crippen LogP) is 1.46. The molecule has 1 aliphatic carbocycles. The predicted molar refractivity (Wildman–Crippen MR) is 67.0 cm³/mol. The number of benzene rings is 1. The first-order chi connectivity index (χ1) is 7.83. The molecule has 0 heterocycles. The Hall–Kier alpha value is -0.900. The number of fused-ring (bicyclic) bond motifs is 1. The summed E-state index contributed by atoms with van der Waals surface area (Å²) in [5.74, 6) is 0. The number of unbranched alkanes of at least 4 members (excludes halogenated alkanes) is 1. The molecule has 5 N–H and O–H groups in total. The summed E-state index contributed by atoms with van der Waals surface area (Å²) in [6, 6.07) is 9.11. The molecule has 0 aromatic heterocycles. The number of rotatable bonds is 5. The first-order valence-electron chi connectivity index (χ1n) is 6.11. The third-order valence-corrected chi connectivity index (χ3v) is 3.28. The number of hydrogen-bond acceptors (Lipinski definition) is 3. The van der Waals surface area contributed by atoms with Crippen LogP contribution in [-0.2, 0) is 0 Å². The van der Waals surface area contributed by atoms with Crippen molar-refractivity contribution in [3.63, 3.8) is 0 Å². The molecule has 0 aliphatic heterocycles. The van der Waals surface area contributed by atoms with Crippen LogP contribution in [-0.4, -0.2) is 13.1 Å². The molecule has 1 aromatic carbocycles. The molecule has 1 aliphatic rings. The minimum atomic E-state index is 0.197. The van der Waals surface area contributed by atoms with Crippen molar-refractivity contribution in [2.24, 2.45) is 11.5 Å². The van der Waals surface area contributed by atoms with Gasteiger partial charge in [-0.2, -0.15) is 0 Å². The number of nitrogens with one attached hydrogen (secondary N) is 1. The lowest BCUT2D eigenvalue weighted by atomic mass is 10.1. The van der Waals surface area contributed by atoms with Crippen molar-refractivity contribution in [2.45, 2.75) is 31.3 Å². The number of hydrogen-bond donors (Lipinski definition) is 3. The van der Waals surface area contributed by atoms with Gasteiger partial charge in [-0.25, -0.2) is 0 Å². The summed E-state index contributed by atoms with van der Waals surface area (Å²) in [6.45, 7) is 1.81. The molecule has 2 atom stereocenters. The Morgan fingerprint density at radius 1 is 1.19 bits per heavy atom. The maximum atomic E-state index is 6.11. The molecule has 3 heteroatoms. The van der Waals surface area contributed by atoms with Crippen molar-refractivity contribution in [2.75, 3.05) is 13.1 Å². The zero-order valence-electron chi connectivity index (χ0n) is 9.65. The van der Waals surface area contributed by atoms with Crippen molar-refractivity contribution in [1.82, 2.24) is 5.32 Å². The standard InChI is InChI=1S/C13H21N3/c14-7-3-4-8-16-13-9-12(15)10-5-1-2-6-11(10)13/h1-2,5-6,12-13,16H,3-4,7-9,14-15H2/t12-,13+/m0/s1. The van der Waals surface area contributed by atoms with Crippen molar-refractivity contribution < 1.29 is 0 Å². The highest BCUT2D eigenvalue weighted by Gasteiger charge is 2.27. The second kappa shape index (κ2) is 5.43. The van der Waals surface area contributed by atoms with Crippen LogP contribution >= 0.6 is 0 Å². The molecule has 0 spiro atoms. The highest BCUT2D eigenvalue weighted by Crippen LogP contribution is 2.36. The van der Waals surface area contributed by atoms with Gasteiger partial charge in [0.1, 0.15) is 0 Å². The zero-order valence-corrected chi connectivity index (χ0v) is 9.65. The van der Waals surface area contributed by atoms with Crippen LogP contribution in [0.4, 0.5) is 0 Å². The molecule has 0 bridgehead atoms. The summed E-state index contributed by atoms with van der Waals surface area (Å²) >= 11 is 0. The van der Waals surface area contributed by atoms with Gasteiger partial charge in [0.2, 0.25) is 0 Å². The first kappa shape index (κ1) is 11.6. The van der Waals surface area contributed by atoms with Crippen LogP contribution in [0.2, 0.25) is 0 Å². The Morgan fingerprint density at radius 3 is 2.69 bits per heavy atom. The Balaban J connectivity index is 1.93. The van der Waals surface area contributed by atoms with Gasteiger partial charge in [0.05, 0.1) is 0 Å². The van der Waals surface area contributed by atoms with E-state index >= 15 is 0 Å². The fraction of sp³-hybridized carbons (Fsp3) is 0.538. The van der Waals surface area contributed by atoms with Crippen LogP contribution in [0.1, 0.15) is 42.5 Å². The molecule has 0 fully saturated rings. The largest absolute Gasteiger partial charge is 0.330 e. The molecule has 0 radical (unpaired) electrons. The highest BCUT2D eigenvalue weighted by molar-refractivity contribution is 5.37. The van der Waals surface area contributed by atoms with Gasteiger partial charge in [-0.3, -0.25) is 0 Å². The van der Waals surface area contributed by atoms with E-state index in [9.17, 15) is 0 Å². The van der Waals surface area contributed by atoms with E-state index in [1.165, 1.54) is 11.1 Å². The molecule has 0 amide bonds. The third kappa shape index (κ3) is 2.43. The highest BCUT2D eigenvalue weighted by atomic mass is 14.9. The Morgan fingerprint density at radius 2 is 1.94 bits per heavy atom. The van der Waals surface area contributed by atoms with E-state index in [2.05, 4.69) is 29.6 Å². The molecule has 16 heavy (non-hydrogen) atoms. The van der Waals surface area contributed by atoms with E-state index in [1.807, 2.05) is 0 Å². The average Bonchev–Trinajstić information content (AvgIpc) is 2.63. The van der Waals surface area contributed by atoms with Crippen molar-refractivity contribution in [3.8, 4) is 0 Å². The fourth-order valence-electron chi connectivity index (χ4n) is 2.41. The van der Waals surface area contributed by atoms with E-state index in [-0.39, 0.29) is 6.04 Å². The van der Waals surface area contributed by atoms with Crippen molar-refractivity contribution in [3.05, 3.63) is 35.4 Å². The summed E-state index contributed by atoms with van der Waals surface area (Å²) in [7, 11) is 0. The van der Waals surface area contributed by atoms with E-state index in [1.54, 1.807) is 0 Å². The van der Waals surface area contributed by atoms with Gasteiger partial charge in [-0.15, -0.1) is 0 Å². The van der Waals surface area contributed by atoms with Crippen LogP contribution in [0.5, 0.6) is 0 Å². The summed E-state index contributed by atoms with van der Waals surface area (Å²) in [4.78, 5) is 0. The maximum Gasteiger partial charge on any atom is 0.0341 e. The zero-order chi connectivity index (χ0) is 11.4. The quantitative estimate of drug-likeness (QED) is 0.657. The smallest absolute Gasteiger partial charge is 0.0341 e. The minimum absolute atomic E-state index is 0.197. The SMILES string of the molecule is NCCCCN[C@@H]1C[C@H](N)c2ccccc21. The van der Waals surface area contributed by atoms with Gasteiger partial charge in [0, 0.05) is 12.1 Å². The molecular formula is C13H21N3. The van der Waals surface area contributed by atoms with Crippen molar-refractivity contribution >= 4 is 0 Å². The molecule has 0 unspecified atom stereocenters. The lowest BCUT2D eigenvalue weighted by Gasteiger charge is -2.13. The van der Waals surface area contributed by atoms with E-state index < -0.39 is 0 Å². The maximum absolute atomic E-state index is 6.11. The van der Waals surface area contributed by atoms with Gasteiger partial charge < -0.3 is 16.8 Å². The summed E-state index contributed by atoms with van der Waals surface area (Å²) in [6.07, 6.45) is 3.25. The molecule has 2 rings (SSSR count). The average molecular weight is 219 g/mol. The fourth-order valence-corrected chi connectivity index (χ4v) is 2.41. The van der Waals surface area contributed by atoms with Crippen molar-refractivity contribution in [1.29, 1.82) is 0 Å². The molecule has 88 valence electrons. The molecule has 0 saturated heterocycles. The third-order valence-electron chi connectivity index (χ3n) is 3.28. The normalized spacial score (nSPS) is 23.4. The topological polar surface area (TPSA) is 64.1 Å². The lowest BCUT2D eigenvalue weighted by molar-refractivity contribution is 0.488. The minimum Gasteiger partial charge on any atom is -0.330 e. The Bertz CT molecular complexity index is 338. The summed E-state index contributed by atoms with van der Waals surface area (Å²) in [5, 5.41) is 3.57. The summed E-state index contributed by atoms with van der Waals surface area (Å²) in [5.41, 5.74) is 14.3. The van der Waals surface area contributed by atoms with Gasteiger partial charge in [0.25, 0.3) is 0 Å². The molecule has 1 aromatic rings. The molecular weight excluding hydrogens is 198 g/mol. The summed E-state index contributed by atoms with van der Waals surface area (Å²) < 4.78 is 0. The molecule has 3 nitrogen and oxygen atoms in total. The van der Waals surface area contributed by atoms with Gasteiger partial charge in [0.15, 0.2) is 0 Å². The lowest BCUT2D eigenvalue weighted by Crippen LogP contribution is -2.21. The molecule has 0 saturated carbocycles.